The summed E-state index contributed by atoms with van der Waals surface area (Å²) in [5.74, 6) is 0.931. The van der Waals surface area contributed by atoms with Crippen molar-refractivity contribution < 1.29 is 9.05 Å². The Kier molecular flexibility index (Phi) is 5.54. The van der Waals surface area contributed by atoms with Crippen molar-refractivity contribution in [3.8, 4) is 5.75 Å². The Bertz CT molecular complexity index is 826. The number of para-hydroxylation sites is 1. The third kappa shape index (κ3) is 3.91. The molecule has 3 aromatic rings. The van der Waals surface area contributed by atoms with Crippen molar-refractivity contribution in [3.05, 3.63) is 102 Å². The van der Waals surface area contributed by atoms with E-state index >= 15 is 0 Å². The van der Waals surface area contributed by atoms with Gasteiger partial charge in [0.25, 0.3) is 0 Å². The maximum atomic E-state index is 6.35. The van der Waals surface area contributed by atoms with Crippen LogP contribution in [0.4, 0.5) is 0 Å². The Hall–Kier alpha value is -2.19. The Morgan fingerprint density at radius 3 is 1.85 bits per heavy atom. The number of hydrogen-bond acceptors (Lipinski definition) is 3. The smallest absolute Gasteiger partial charge is 0.322 e. The van der Waals surface area contributed by atoms with E-state index in [1.54, 1.807) is 0 Å². The number of nitrogens with zero attached hydrogens (tertiary/aromatic N) is 1. The van der Waals surface area contributed by atoms with Gasteiger partial charge < -0.3 is 9.05 Å². The molecule has 0 saturated heterocycles. The summed E-state index contributed by atoms with van der Waals surface area (Å²) in [5, 5.41) is 0. The van der Waals surface area contributed by atoms with Gasteiger partial charge in [-0.1, -0.05) is 78.9 Å². The third-order valence-electron chi connectivity index (χ3n) is 5.03. The monoisotopic (exact) mass is 377 g/mol. The maximum Gasteiger partial charge on any atom is 0.322 e. The van der Waals surface area contributed by atoms with Gasteiger partial charge in [0.05, 0.1) is 6.61 Å². The highest BCUT2D eigenvalue weighted by atomic mass is 31.2. The van der Waals surface area contributed by atoms with E-state index in [0.717, 1.165) is 11.3 Å². The van der Waals surface area contributed by atoms with Crippen LogP contribution in [-0.2, 0) is 11.1 Å². The molecule has 3 atom stereocenters. The van der Waals surface area contributed by atoms with Gasteiger partial charge in [-0.25, -0.2) is 4.67 Å². The molecule has 1 unspecified atom stereocenters. The molecule has 3 aromatic carbocycles. The molecule has 0 aliphatic carbocycles. The van der Waals surface area contributed by atoms with Crippen molar-refractivity contribution in [2.24, 2.45) is 0 Å². The topological polar surface area (TPSA) is 21.7 Å². The SMILES string of the molecule is C[C@@H](c1ccccc1)N([C@@H](C)c1ccccc1)P1OCc2ccccc2O1. The molecular weight excluding hydrogens is 353 g/mol. The molecule has 0 radical (unpaired) electrons. The van der Waals surface area contributed by atoms with Crippen molar-refractivity contribution in [3.63, 3.8) is 0 Å². The zero-order chi connectivity index (χ0) is 18.6. The Labute approximate surface area is 162 Å². The van der Waals surface area contributed by atoms with Gasteiger partial charge in [0.2, 0.25) is 0 Å². The average molecular weight is 377 g/mol. The van der Waals surface area contributed by atoms with Gasteiger partial charge in [-0.05, 0) is 31.0 Å². The zero-order valence-electron chi connectivity index (χ0n) is 15.7. The lowest BCUT2D eigenvalue weighted by Gasteiger charge is -2.40. The van der Waals surface area contributed by atoms with Crippen LogP contribution in [0.3, 0.4) is 0 Å². The van der Waals surface area contributed by atoms with E-state index in [1.807, 2.05) is 18.2 Å². The second kappa shape index (κ2) is 8.22. The van der Waals surface area contributed by atoms with Gasteiger partial charge in [-0.3, -0.25) is 0 Å². The lowest BCUT2D eigenvalue weighted by molar-refractivity contribution is 0.185. The summed E-state index contributed by atoms with van der Waals surface area (Å²) >= 11 is 0. The van der Waals surface area contributed by atoms with Crippen LogP contribution in [-0.4, -0.2) is 4.67 Å². The van der Waals surface area contributed by atoms with Crippen molar-refractivity contribution in [1.29, 1.82) is 0 Å². The average Bonchev–Trinajstić information content (AvgIpc) is 2.75. The first kappa shape index (κ1) is 18.2. The second-order valence-electron chi connectivity index (χ2n) is 6.76. The molecule has 1 aliphatic heterocycles. The molecule has 1 aliphatic rings. The van der Waals surface area contributed by atoms with Crippen LogP contribution in [0.2, 0.25) is 0 Å². The van der Waals surface area contributed by atoms with Crippen molar-refractivity contribution in [2.75, 3.05) is 0 Å². The molecule has 138 valence electrons. The molecule has 0 spiro atoms. The molecule has 4 heteroatoms. The van der Waals surface area contributed by atoms with Gasteiger partial charge in [0, 0.05) is 17.6 Å². The summed E-state index contributed by atoms with van der Waals surface area (Å²) in [5.41, 5.74) is 3.62. The first-order valence-electron chi connectivity index (χ1n) is 9.31. The summed E-state index contributed by atoms with van der Waals surface area (Å²) in [6.45, 7) is 5.04. The number of rotatable bonds is 5. The van der Waals surface area contributed by atoms with Crippen LogP contribution < -0.4 is 4.52 Å². The lowest BCUT2D eigenvalue weighted by atomic mass is 10.0. The summed E-state index contributed by atoms with van der Waals surface area (Å²) in [6, 6.07) is 29.6. The largest absolute Gasteiger partial charge is 0.435 e. The van der Waals surface area contributed by atoms with E-state index in [4.69, 9.17) is 9.05 Å². The molecule has 0 amide bonds. The van der Waals surface area contributed by atoms with E-state index in [-0.39, 0.29) is 12.1 Å². The highest BCUT2D eigenvalue weighted by Crippen LogP contribution is 2.56. The van der Waals surface area contributed by atoms with Crippen LogP contribution in [0.25, 0.3) is 0 Å². The summed E-state index contributed by atoms with van der Waals surface area (Å²) < 4.78 is 14.9. The fraction of sp³-hybridized carbons (Fsp3) is 0.217. The van der Waals surface area contributed by atoms with Crippen molar-refractivity contribution in [2.45, 2.75) is 32.5 Å². The van der Waals surface area contributed by atoms with E-state index in [1.165, 1.54) is 11.1 Å². The Morgan fingerprint density at radius 2 is 1.26 bits per heavy atom. The molecule has 4 rings (SSSR count). The van der Waals surface area contributed by atoms with E-state index in [0.29, 0.717) is 6.61 Å². The number of benzene rings is 3. The standard InChI is InChI=1S/C23H24NO2P/c1-18(20-11-5-3-6-12-20)24(19(2)21-13-7-4-8-14-21)27-25-17-22-15-9-10-16-23(22)26-27/h3-16,18-19H,17H2,1-2H3/t18-,19-,27?/m0/s1. The quantitative estimate of drug-likeness (QED) is 0.465. The molecule has 3 nitrogen and oxygen atoms in total. The van der Waals surface area contributed by atoms with E-state index in [9.17, 15) is 0 Å². The van der Waals surface area contributed by atoms with Gasteiger partial charge >= 0.3 is 8.53 Å². The molecule has 0 fully saturated rings. The Morgan fingerprint density at radius 1 is 0.741 bits per heavy atom. The maximum absolute atomic E-state index is 6.35. The highest BCUT2D eigenvalue weighted by molar-refractivity contribution is 7.45. The first-order valence-corrected chi connectivity index (χ1v) is 10.4. The molecule has 1 heterocycles. The van der Waals surface area contributed by atoms with Crippen LogP contribution in [0.15, 0.2) is 84.9 Å². The first-order chi connectivity index (χ1) is 13.2. The van der Waals surface area contributed by atoms with Crippen LogP contribution in [0.5, 0.6) is 5.75 Å². The van der Waals surface area contributed by atoms with Crippen LogP contribution in [0.1, 0.15) is 42.6 Å². The molecule has 0 aromatic heterocycles. The van der Waals surface area contributed by atoms with E-state index in [2.05, 4.69) is 85.2 Å². The highest BCUT2D eigenvalue weighted by Gasteiger charge is 2.36. The van der Waals surface area contributed by atoms with Gasteiger partial charge in [-0.15, -0.1) is 0 Å². The van der Waals surface area contributed by atoms with E-state index < -0.39 is 8.53 Å². The summed E-state index contributed by atoms with van der Waals surface area (Å²) in [6.07, 6.45) is 0. The minimum absolute atomic E-state index is 0.165. The summed E-state index contributed by atoms with van der Waals surface area (Å²) in [7, 11) is -1.21. The summed E-state index contributed by atoms with van der Waals surface area (Å²) in [4.78, 5) is 0. The molecule has 27 heavy (non-hydrogen) atoms. The molecule has 0 N–H and O–H groups in total. The third-order valence-corrected chi connectivity index (χ3v) is 6.80. The fourth-order valence-electron chi connectivity index (χ4n) is 3.45. The van der Waals surface area contributed by atoms with Gasteiger partial charge in [-0.2, -0.15) is 0 Å². The predicted molar refractivity (Wildman–Crippen MR) is 110 cm³/mol. The minimum atomic E-state index is -1.21. The lowest BCUT2D eigenvalue weighted by Crippen LogP contribution is -2.29. The van der Waals surface area contributed by atoms with Crippen LogP contribution in [0, 0.1) is 0 Å². The van der Waals surface area contributed by atoms with Crippen molar-refractivity contribution in [1.82, 2.24) is 4.67 Å². The zero-order valence-corrected chi connectivity index (χ0v) is 16.6. The Balaban J connectivity index is 1.68. The fourth-order valence-corrected chi connectivity index (χ4v) is 5.16. The molecule has 0 bridgehead atoms. The predicted octanol–water partition coefficient (Wildman–Crippen LogP) is 6.65. The molecular formula is C23H24NO2P. The number of hydrogen-bond donors (Lipinski definition) is 0. The normalized spacial score (nSPS) is 18.4. The second-order valence-corrected chi connectivity index (χ2v) is 8.14. The van der Waals surface area contributed by atoms with Crippen molar-refractivity contribution >= 4 is 8.53 Å². The van der Waals surface area contributed by atoms with Gasteiger partial charge in [0.15, 0.2) is 0 Å². The van der Waals surface area contributed by atoms with Gasteiger partial charge in [0.1, 0.15) is 5.75 Å². The number of fused-ring (bicyclic) bond motifs is 1. The van der Waals surface area contributed by atoms with Crippen LogP contribution >= 0.6 is 8.53 Å². The minimum Gasteiger partial charge on any atom is -0.435 e. The molecule has 0 saturated carbocycles.